The summed E-state index contributed by atoms with van der Waals surface area (Å²) in [5.41, 5.74) is 1.83. The molecule has 0 radical (unpaired) electrons. The van der Waals surface area contributed by atoms with Crippen molar-refractivity contribution in [1.82, 2.24) is 4.98 Å². The van der Waals surface area contributed by atoms with Crippen LogP contribution in [0.1, 0.15) is 16.0 Å². The third-order valence-electron chi connectivity index (χ3n) is 3.72. The maximum Gasteiger partial charge on any atom is 0.250 e. The number of amides is 1. The fraction of sp³-hybridized carbons (Fsp3) is 0.100. The zero-order valence-corrected chi connectivity index (χ0v) is 16.7. The quantitative estimate of drug-likeness (QED) is 0.522. The van der Waals surface area contributed by atoms with Crippen molar-refractivity contribution in [2.75, 3.05) is 12.4 Å². The monoisotopic (exact) mass is 418 g/mol. The van der Waals surface area contributed by atoms with Crippen LogP contribution in [-0.4, -0.2) is 18.0 Å². The number of hydrogen-bond acceptors (Lipinski definition) is 4. The third kappa shape index (κ3) is 5.32. The minimum Gasteiger partial charge on any atom is -0.497 e. The topological polar surface area (TPSA) is 51.2 Å². The van der Waals surface area contributed by atoms with E-state index in [0.717, 1.165) is 21.8 Å². The van der Waals surface area contributed by atoms with Crippen LogP contribution in [0.4, 0.5) is 5.13 Å². The number of nitrogens with one attached hydrogen (secondary N) is 1. The summed E-state index contributed by atoms with van der Waals surface area (Å²) < 4.78 is 5.11. The largest absolute Gasteiger partial charge is 0.497 e. The van der Waals surface area contributed by atoms with Crippen molar-refractivity contribution >= 4 is 51.7 Å². The zero-order chi connectivity index (χ0) is 19.2. The second-order valence-corrected chi connectivity index (χ2v) is 7.52. The predicted molar refractivity (Wildman–Crippen MR) is 112 cm³/mol. The first-order valence-corrected chi connectivity index (χ1v) is 9.63. The number of benzene rings is 2. The molecule has 7 heteroatoms. The molecule has 0 aliphatic carbocycles. The van der Waals surface area contributed by atoms with Crippen molar-refractivity contribution in [1.29, 1.82) is 0 Å². The molecule has 1 heterocycles. The fourth-order valence-electron chi connectivity index (χ4n) is 2.35. The molecule has 2 aromatic carbocycles. The summed E-state index contributed by atoms with van der Waals surface area (Å²) in [5, 5.41) is 4.37. The van der Waals surface area contributed by atoms with Crippen molar-refractivity contribution < 1.29 is 9.53 Å². The van der Waals surface area contributed by atoms with E-state index in [4.69, 9.17) is 27.9 Å². The molecule has 3 rings (SSSR count). The van der Waals surface area contributed by atoms with Gasteiger partial charge in [-0.3, -0.25) is 10.1 Å². The molecule has 0 saturated carbocycles. The molecule has 3 aromatic rings. The Kier molecular flexibility index (Phi) is 6.50. The molecule has 0 atom stereocenters. The molecule has 0 aliphatic rings. The number of carbonyl (C=O) groups excluding carboxylic acids is 1. The van der Waals surface area contributed by atoms with E-state index >= 15 is 0 Å². The van der Waals surface area contributed by atoms with E-state index in [1.807, 2.05) is 36.4 Å². The zero-order valence-electron chi connectivity index (χ0n) is 14.4. The Morgan fingerprint density at radius 1 is 1.22 bits per heavy atom. The van der Waals surface area contributed by atoms with Gasteiger partial charge in [-0.2, -0.15) is 0 Å². The lowest BCUT2D eigenvalue weighted by molar-refractivity contribution is -0.111. The van der Waals surface area contributed by atoms with Gasteiger partial charge in [0, 0.05) is 23.6 Å². The summed E-state index contributed by atoms with van der Waals surface area (Å²) in [6, 6.07) is 13.0. The molecule has 1 amide bonds. The summed E-state index contributed by atoms with van der Waals surface area (Å²) in [6.45, 7) is 0. The van der Waals surface area contributed by atoms with E-state index in [1.54, 1.807) is 25.4 Å². The van der Waals surface area contributed by atoms with Crippen molar-refractivity contribution in [2.45, 2.75) is 6.42 Å². The van der Waals surface area contributed by atoms with Crippen LogP contribution in [-0.2, 0) is 11.2 Å². The van der Waals surface area contributed by atoms with Gasteiger partial charge < -0.3 is 4.74 Å². The van der Waals surface area contributed by atoms with E-state index in [2.05, 4.69) is 10.3 Å². The van der Waals surface area contributed by atoms with Gasteiger partial charge in [-0.25, -0.2) is 4.98 Å². The minimum absolute atomic E-state index is 0.243. The van der Waals surface area contributed by atoms with Crippen LogP contribution >= 0.6 is 34.5 Å². The first-order valence-electron chi connectivity index (χ1n) is 8.06. The predicted octanol–water partition coefficient (Wildman–Crippen LogP) is 5.70. The Balaban J connectivity index is 1.60. The standard InChI is InChI=1S/C20H16Cl2N2O2S/c1-26-15-8-5-13(6-9-15)7-10-18(25)24-20-23-12-16(27-20)11-14-3-2-4-17(21)19(14)22/h2-10,12H,11H2,1H3,(H,23,24,25)/b10-7-. The van der Waals surface area contributed by atoms with Gasteiger partial charge >= 0.3 is 0 Å². The van der Waals surface area contributed by atoms with Crippen LogP contribution in [0.15, 0.2) is 54.7 Å². The number of carbonyl (C=O) groups is 1. The molecule has 4 nitrogen and oxygen atoms in total. The van der Waals surface area contributed by atoms with Crippen LogP contribution < -0.4 is 10.1 Å². The third-order valence-corrected chi connectivity index (χ3v) is 5.49. The van der Waals surface area contributed by atoms with Crippen LogP contribution in [0.5, 0.6) is 5.75 Å². The molecule has 0 unspecified atom stereocenters. The van der Waals surface area contributed by atoms with Gasteiger partial charge in [0.25, 0.3) is 0 Å². The summed E-state index contributed by atoms with van der Waals surface area (Å²) in [4.78, 5) is 17.3. The molecule has 0 saturated heterocycles. The lowest BCUT2D eigenvalue weighted by atomic mass is 10.1. The molecule has 0 fully saturated rings. The molecule has 1 aromatic heterocycles. The van der Waals surface area contributed by atoms with Gasteiger partial charge in [-0.05, 0) is 35.4 Å². The second kappa shape index (κ2) is 9.04. The first-order chi connectivity index (χ1) is 13.0. The number of nitrogens with zero attached hydrogens (tertiary/aromatic N) is 1. The summed E-state index contributed by atoms with van der Waals surface area (Å²) in [6.07, 6.45) is 5.53. The van der Waals surface area contributed by atoms with Crippen molar-refractivity contribution in [3.63, 3.8) is 0 Å². The molecular weight excluding hydrogens is 403 g/mol. The normalized spacial score (nSPS) is 10.9. The molecular formula is C20H16Cl2N2O2S. The first kappa shape index (κ1) is 19.4. The van der Waals surface area contributed by atoms with Crippen molar-refractivity contribution in [3.8, 4) is 5.75 Å². The number of rotatable bonds is 6. The summed E-state index contributed by atoms with van der Waals surface area (Å²) in [5.74, 6) is 0.527. The number of halogens is 2. The van der Waals surface area contributed by atoms with Crippen LogP contribution in [0.3, 0.4) is 0 Å². The van der Waals surface area contributed by atoms with Crippen molar-refractivity contribution in [3.05, 3.63) is 80.8 Å². The highest BCUT2D eigenvalue weighted by atomic mass is 35.5. The van der Waals surface area contributed by atoms with E-state index in [-0.39, 0.29) is 5.91 Å². The van der Waals surface area contributed by atoms with E-state index in [9.17, 15) is 4.79 Å². The molecule has 0 aliphatic heterocycles. The number of aromatic nitrogens is 1. The molecule has 1 N–H and O–H groups in total. The molecule has 138 valence electrons. The number of anilines is 1. The van der Waals surface area contributed by atoms with Gasteiger partial charge in [-0.1, -0.05) is 47.5 Å². The van der Waals surface area contributed by atoms with Gasteiger partial charge in [-0.15, -0.1) is 11.3 Å². The average Bonchev–Trinajstić information content (AvgIpc) is 3.11. The van der Waals surface area contributed by atoms with Gasteiger partial charge in [0.15, 0.2) is 5.13 Å². The van der Waals surface area contributed by atoms with E-state index in [0.29, 0.717) is 21.6 Å². The van der Waals surface area contributed by atoms with Gasteiger partial charge in [0.05, 0.1) is 17.2 Å². The van der Waals surface area contributed by atoms with Crippen LogP contribution in [0.25, 0.3) is 6.08 Å². The van der Waals surface area contributed by atoms with E-state index in [1.165, 1.54) is 17.4 Å². The highest BCUT2D eigenvalue weighted by Gasteiger charge is 2.09. The minimum atomic E-state index is -0.243. The number of thiazole rings is 1. The Morgan fingerprint density at radius 2 is 2.00 bits per heavy atom. The van der Waals surface area contributed by atoms with Crippen molar-refractivity contribution in [2.24, 2.45) is 0 Å². The van der Waals surface area contributed by atoms with E-state index < -0.39 is 0 Å². The number of ether oxygens (including phenoxy) is 1. The molecule has 0 bridgehead atoms. The lowest BCUT2D eigenvalue weighted by Gasteiger charge is -2.03. The number of hydrogen-bond donors (Lipinski definition) is 1. The summed E-state index contributed by atoms with van der Waals surface area (Å²) in [7, 11) is 1.61. The highest BCUT2D eigenvalue weighted by Crippen LogP contribution is 2.29. The molecule has 27 heavy (non-hydrogen) atoms. The lowest BCUT2D eigenvalue weighted by Crippen LogP contribution is -2.07. The smallest absolute Gasteiger partial charge is 0.250 e. The average molecular weight is 419 g/mol. The SMILES string of the molecule is COc1ccc(/C=C\C(=O)Nc2ncc(Cc3cccc(Cl)c3Cl)s2)cc1. The Bertz CT molecular complexity index is 968. The van der Waals surface area contributed by atoms with Gasteiger partial charge in [0.1, 0.15) is 5.75 Å². The summed E-state index contributed by atoms with van der Waals surface area (Å²) >= 11 is 13.7. The molecule has 0 spiro atoms. The fourth-order valence-corrected chi connectivity index (χ4v) is 3.58. The Hall–Kier alpha value is -2.34. The van der Waals surface area contributed by atoms with Gasteiger partial charge in [0.2, 0.25) is 5.91 Å². The maximum atomic E-state index is 12.1. The second-order valence-electron chi connectivity index (χ2n) is 5.62. The van der Waals surface area contributed by atoms with Crippen LogP contribution in [0.2, 0.25) is 10.0 Å². The highest BCUT2D eigenvalue weighted by molar-refractivity contribution is 7.15. The van der Waals surface area contributed by atoms with Crippen LogP contribution in [0, 0.1) is 0 Å². The number of methoxy groups -OCH3 is 1. The maximum absolute atomic E-state index is 12.1. The Labute approximate surface area is 171 Å². The Morgan fingerprint density at radius 3 is 2.74 bits per heavy atom.